The van der Waals surface area contributed by atoms with Crippen molar-refractivity contribution in [3.8, 4) is 11.8 Å². The molecular weight excluding hydrogens is 292 g/mol. The van der Waals surface area contributed by atoms with E-state index in [1.165, 1.54) is 17.0 Å². The van der Waals surface area contributed by atoms with E-state index in [-0.39, 0.29) is 0 Å². The van der Waals surface area contributed by atoms with Gasteiger partial charge in [0.15, 0.2) is 0 Å². The molecule has 0 radical (unpaired) electrons. The minimum Gasteiger partial charge on any atom is -0.497 e. The minimum atomic E-state index is 0.636. The number of ether oxygens (including phenoxy) is 1. The van der Waals surface area contributed by atoms with Gasteiger partial charge >= 0.3 is 0 Å². The molecule has 0 spiro atoms. The maximum Gasteiger partial charge on any atom is 0.134 e. The molecule has 0 N–H and O–H groups in total. The molecule has 0 saturated carbocycles. The van der Waals surface area contributed by atoms with Crippen LogP contribution in [0.1, 0.15) is 34.5 Å². The number of nitrogens with zero attached hydrogens (tertiary/aromatic N) is 2. The van der Waals surface area contributed by atoms with Crippen molar-refractivity contribution in [2.45, 2.75) is 26.2 Å². The number of thiazole rings is 1. The van der Waals surface area contributed by atoms with Gasteiger partial charge in [-0.3, -0.25) is 0 Å². The van der Waals surface area contributed by atoms with Crippen LogP contribution in [0, 0.1) is 17.2 Å². The Labute approximate surface area is 134 Å². The molecule has 1 heterocycles. The Bertz CT molecular complexity index is 737. The van der Waals surface area contributed by atoms with E-state index in [4.69, 9.17) is 4.74 Å². The summed E-state index contributed by atoms with van der Waals surface area (Å²) >= 11 is 1.67. The first-order chi connectivity index (χ1) is 10.7. The third-order valence-electron chi connectivity index (χ3n) is 3.96. The van der Waals surface area contributed by atoms with Crippen LogP contribution in [-0.4, -0.2) is 12.1 Å². The number of methoxy groups -OCH3 is 1. The van der Waals surface area contributed by atoms with E-state index in [1.54, 1.807) is 18.4 Å². The van der Waals surface area contributed by atoms with Crippen LogP contribution in [0.15, 0.2) is 24.3 Å². The maximum atomic E-state index is 9.48. The second-order valence-electron chi connectivity index (χ2n) is 5.68. The zero-order valence-corrected chi connectivity index (χ0v) is 13.6. The largest absolute Gasteiger partial charge is 0.497 e. The third-order valence-corrected chi connectivity index (χ3v) is 5.12. The summed E-state index contributed by atoms with van der Waals surface area (Å²) in [7, 11) is 1.65. The molecule has 1 aliphatic rings. The second-order valence-corrected chi connectivity index (χ2v) is 6.76. The smallest absolute Gasteiger partial charge is 0.134 e. The van der Waals surface area contributed by atoms with Crippen molar-refractivity contribution in [2.24, 2.45) is 5.92 Å². The van der Waals surface area contributed by atoms with Crippen molar-refractivity contribution in [2.75, 3.05) is 7.11 Å². The Balaban J connectivity index is 1.90. The van der Waals surface area contributed by atoms with Crippen molar-refractivity contribution in [1.29, 1.82) is 5.26 Å². The average Bonchev–Trinajstić information content (AvgIpc) is 2.96. The Morgan fingerprint density at radius 2 is 2.18 bits per heavy atom. The van der Waals surface area contributed by atoms with E-state index in [0.29, 0.717) is 5.57 Å². The molecule has 1 aliphatic carbocycles. The van der Waals surface area contributed by atoms with Gasteiger partial charge in [-0.2, -0.15) is 5.26 Å². The van der Waals surface area contributed by atoms with Crippen molar-refractivity contribution in [3.63, 3.8) is 0 Å². The van der Waals surface area contributed by atoms with Crippen LogP contribution < -0.4 is 4.74 Å². The van der Waals surface area contributed by atoms with Gasteiger partial charge in [0.25, 0.3) is 0 Å². The normalized spacial score (nSPS) is 17.7. The summed E-state index contributed by atoms with van der Waals surface area (Å²) in [5.41, 5.74) is 2.81. The predicted molar refractivity (Wildman–Crippen MR) is 89.8 cm³/mol. The molecule has 0 amide bonds. The van der Waals surface area contributed by atoms with Gasteiger partial charge in [-0.1, -0.05) is 19.1 Å². The first-order valence-corrected chi connectivity index (χ1v) is 8.26. The number of benzene rings is 1. The van der Waals surface area contributed by atoms with E-state index >= 15 is 0 Å². The minimum absolute atomic E-state index is 0.636. The molecule has 2 aromatic rings. The van der Waals surface area contributed by atoms with Gasteiger partial charge < -0.3 is 4.74 Å². The summed E-state index contributed by atoms with van der Waals surface area (Å²) < 4.78 is 5.15. The highest BCUT2D eigenvalue weighted by Gasteiger charge is 2.20. The van der Waals surface area contributed by atoms with Gasteiger partial charge in [0, 0.05) is 4.88 Å². The number of fused-ring (bicyclic) bond motifs is 1. The third kappa shape index (κ3) is 3.05. The lowest BCUT2D eigenvalue weighted by molar-refractivity contribution is 0.415. The fourth-order valence-electron chi connectivity index (χ4n) is 2.66. The van der Waals surface area contributed by atoms with Crippen LogP contribution in [-0.2, 0) is 12.8 Å². The number of aryl methyl sites for hydroxylation is 1. The summed E-state index contributed by atoms with van der Waals surface area (Å²) in [6, 6.07) is 9.99. The molecule has 4 heteroatoms. The summed E-state index contributed by atoms with van der Waals surface area (Å²) in [4.78, 5) is 6.04. The highest BCUT2D eigenvalue weighted by Crippen LogP contribution is 2.33. The molecule has 3 nitrogen and oxygen atoms in total. The fourth-order valence-corrected chi connectivity index (χ4v) is 3.90. The molecule has 0 bridgehead atoms. The quantitative estimate of drug-likeness (QED) is 0.792. The number of hydrogen-bond donors (Lipinski definition) is 0. The van der Waals surface area contributed by atoms with E-state index < -0.39 is 0 Å². The molecule has 0 aliphatic heterocycles. The zero-order chi connectivity index (χ0) is 15.5. The Kier molecular flexibility index (Phi) is 4.26. The van der Waals surface area contributed by atoms with E-state index in [9.17, 15) is 5.26 Å². The number of hydrogen-bond acceptors (Lipinski definition) is 4. The van der Waals surface area contributed by atoms with Crippen LogP contribution in [0.3, 0.4) is 0 Å². The first kappa shape index (κ1) is 14.8. The molecule has 22 heavy (non-hydrogen) atoms. The van der Waals surface area contributed by atoms with Crippen LogP contribution in [0.2, 0.25) is 0 Å². The van der Waals surface area contributed by atoms with Crippen LogP contribution in [0.5, 0.6) is 5.75 Å². The molecule has 0 saturated heterocycles. The number of allylic oxidation sites excluding steroid dienone is 1. The molecule has 112 valence electrons. The van der Waals surface area contributed by atoms with E-state index in [0.717, 1.165) is 35.1 Å². The Hall–Kier alpha value is -2.12. The first-order valence-electron chi connectivity index (χ1n) is 7.44. The van der Waals surface area contributed by atoms with Crippen LogP contribution >= 0.6 is 11.3 Å². The van der Waals surface area contributed by atoms with Crippen LogP contribution in [0.25, 0.3) is 11.6 Å². The standard InChI is InChI=1S/C18H18N2OS/c1-12-3-8-16-17(9-12)22-18(20-16)14(11-19)10-13-4-6-15(21-2)7-5-13/h4-7,10,12H,3,8-9H2,1-2H3/b14-10-/t12-/m0/s1. The van der Waals surface area contributed by atoms with Crippen molar-refractivity contribution in [3.05, 3.63) is 45.4 Å². The molecule has 0 unspecified atom stereocenters. The van der Waals surface area contributed by atoms with Gasteiger partial charge in [0.2, 0.25) is 0 Å². The zero-order valence-electron chi connectivity index (χ0n) is 12.8. The predicted octanol–water partition coefficient (Wildman–Crippen LogP) is 4.34. The summed E-state index contributed by atoms with van der Waals surface area (Å²) in [5.74, 6) is 1.53. The van der Waals surface area contributed by atoms with Gasteiger partial charge in [-0.15, -0.1) is 11.3 Å². The van der Waals surface area contributed by atoms with Gasteiger partial charge in [-0.05, 0) is 49.0 Å². The van der Waals surface area contributed by atoms with Crippen molar-refractivity contribution < 1.29 is 4.74 Å². The van der Waals surface area contributed by atoms with Gasteiger partial charge in [-0.25, -0.2) is 4.98 Å². The van der Waals surface area contributed by atoms with E-state index in [1.807, 2.05) is 30.3 Å². The van der Waals surface area contributed by atoms with Gasteiger partial charge in [0.1, 0.15) is 16.8 Å². The van der Waals surface area contributed by atoms with Crippen molar-refractivity contribution in [1.82, 2.24) is 4.98 Å². The average molecular weight is 310 g/mol. The highest BCUT2D eigenvalue weighted by atomic mass is 32.1. The summed E-state index contributed by atoms with van der Waals surface area (Å²) in [6.07, 6.45) is 5.22. The summed E-state index contributed by atoms with van der Waals surface area (Å²) in [6.45, 7) is 2.28. The topological polar surface area (TPSA) is 45.9 Å². The molecule has 3 rings (SSSR count). The molecule has 1 aromatic heterocycles. The molecule has 1 atom stereocenters. The molecule has 0 fully saturated rings. The lowest BCUT2D eigenvalue weighted by Gasteiger charge is -2.15. The highest BCUT2D eigenvalue weighted by molar-refractivity contribution is 7.13. The Morgan fingerprint density at radius 1 is 1.41 bits per heavy atom. The van der Waals surface area contributed by atoms with E-state index in [2.05, 4.69) is 18.0 Å². The Morgan fingerprint density at radius 3 is 2.86 bits per heavy atom. The lowest BCUT2D eigenvalue weighted by atomic mass is 9.93. The number of aromatic nitrogens is 1. The number of rotatable bonds is 3. The fraction of sp³-hybridized carbons (Fsp3) is 0.333. The number of nitriles is 1. The second kappa shape index (κ2) is 6.33. The van der Waals surface area contributed by atoms with Crippen molar-refractivity contribution >= 4 is 23.0 Å². The lowest BCUT2D eigenvalue weighted by Crippen LogP contribution is -2.09. The molecule has 1 aromatic carbocycles. The molecular formula is C18H18N2OS. The maximum absolute atomic E-state index is 9.48. The van der Waals surface area contributed by atoms with Gasteiger partial charge in [0.05, 0.1) is 18.4 Å². The van der Waals surface area contributed by atoms with Crippen LogP contribution in [0.4, 0.5) is 0 Å². The monoisotopic (exact) mass is 310 g/mol. The SMILES string of the molecule is COc1ccc(/C=C(/C#N)c2nc3c(s2)C[C@@H](C)CC3)cc1. The summed E-state index contributed by atoms with van der Waals surface area (Å²) in [5, 5.41) is 10.3.